The molecule has 3 aromatic rings. The molecule has 0 amide bonds. The van der Waals surface area contributed by atoms with Crippen LogP contribution in [-0.4, -0.2) is 5.16 Å². The maximum Gasteiger partial charge on any atom is 0.203 e. The van der Waals surface area contributed by atoms with Crippen molar-refractivity contribution >= 4 is 0 Å². The van der Waals surface area contributed by atoms with E-state index in [1.807, 2.05) is 36.4 Å². The van der Waals surface area contributed by atoms with Crippen LogP contribution in [0.25, 0.3) is 22.6 Å². The molecule has 0 radical (unpaired) electrons. The van der Waals surface area contributed by atoms with Crippen molar-refractivity contribution in [1.29, 1.82) is 0 Å². The van der Waals surface area contributed by atoms with E-state index >= 15 is 0 Å². The van der Waals surface area contributed by atoms with E-state index in [4.69, 9.17) is 4.52 Å². The Morgan fingerprint density at radius 3 is 1.94 bits per heavy atom. The van der Waals surface area contributed by atoms with Crippen LogP contribution < -0.4 is 0 Å². The minimum absolute atomic E-state index is 0.175. The van der Waals surface area contributed by atoms with Crippen molar-refractivity contribution in [3.8, 4) is 22.6 Å². The Morgan fingerprint density at radius 2 is 1.33 bits per heavy atom. The smallest absolute Gasteiger partial charge is 0.203 e. The molecule has 2 nitrogen and oxygen atoms in total. The molecule has 1 heterocycles. The summed E-state index contributed by atoms with van der Waals surface area (Å²) >= 11 is 0. The van der Waals surface area contributed by atoms with E-state index < -0.39 is 5.82 Å². The Bertz CT molecular complexity index is 590. The van der Waals surface area contributed by atoms with E-state index in [2.05, 4.69) is 5.16 Å². The van der Waals surface area contributed by atoms with Gasteiger partial charge in [-0.1, -0.05) is 65.8 Å². The second kappa shape index (κ2) is 4.45. The lowest BCUT2D eigenvalue weighted by Gasteiger charge is -1.95. The summed E-state index contributed by atoms with van der Waals surface area (Å²) in [5.41, 5.74) is 1.64. The number of rotatable bonds is 2. The second-order valence-corrected chi connectivity index (χ2v) is 3.91. The molecule has 0 aliphatic heterocycles. The van der Waals surface area contributed by atoms with E-state index in [1.54, 1.807) is 24.3 Å². The number of benzene rings is 2. The van der Waals surface area contributed by atoms with Gasteiger partial charge < -0.3 is 4.52 Å². The van der Waals surface area contributed by atoms with Gasteiger partial charge in [0.1, 0.15) is 5.69 Å². The Hall–Kier alpha value is -2.42. The molecule has 18 heavy (non-hydrogen) atoms. The van der Waals surface area contributed by atoms with Crippen molar-refractivity contribution in [3.63, 3.8) is 0 Å². The fourth-order valence-electron chi connectivity index (χ4n) is 1.82. The van der Waals surface area contributed by atoms with E-state index in [0.29, 0.717) is 11.1 Å². The average Bonchev–Trinajstić information content (AvgIpc) is 2.83. The van der Waals surface area contributed by atoms with Gasteiger partial charge in [-0.3, -0.25) is 0 Å². The Kier molecular flexibility index (Phi) is 2.65. The van der Waals surface area contributed by atoms with Crippen molar-refractivity contribution in [3.05, 3.63) is 66.5 Å². The van der Waals surface area contributed by atoms with Gasteiger partial charge in [-0.2, -0.15) is 0 Å². The van der Waals surface area contributed by atoms with Crippen LogP contribution in [0.1, 0.15) is 0 Å². The van der Waals surface area contributed by atoms with Gasteiger partial charge in [0.2, 0.25) is 5.76 Å². The van der Waals surface area contributed by atoms with Gasteiger partial charge in [0.15, 0.2) is 5.82 Å². The second-order valence-electron chi connectivity index (χ2n) is 3.91. The zero-order chi connectivity index (χ0) is 12.4. The third-order valence-corrected chi connectivity index (χ3v) is 2.72. The minimum Gasteiger partial charge on any atom is -0.352 e. The summed E-state index contributed by atoms with van der Waals surface area (Å²) in [5.74, 6) is -0.248. The summed E-state index contributed by atoms with van der Waals surface area (Å²) in [6, 6.07) is 18.3. The molecule has 0 saturated carbocycles. The highest BCUT2D eigenvalue weighted by Gasteiger charge is 2.18. The van der Waals surface area contributed by atoms with Gasteiger partial charge in [0.05, 0.1) is 0 Å². The maximum atomic E-state index is 14.2. The number of halogens is 1. The number of hydrogen-bond donors (Lipinski definition) is 0. The molecule has 0 aliphatic rings. The van der Waals surface area contributed by atoms with Gasteiger partial charge in [-0.25, -0.2) is 4.39 Å². The topological polar surface area (TPSA) is 26.0 Å². The molecule has 0 aliphatic carbocycles. The van der Waals surface area contributed by atoms with Gasteiger partial charge in [-0.05, 0) is 0 Å². The molecule has 3 heteroatoms. The van der Waals surface area contributed by atoms with E-state index in [0.717, 1.165) is 0 Å². The number of hydrogen-bond acceptors (Lipinski definition) is 2. The van der Waals surface area contributed by atoms with Crippen LogP contribution in [0.15, 0.2) is 65.2 Å². The van der Waals surface area contributed by atoms with E-state index in [-0.39, 0.29) is 11.5 Å². The molecule has 0 saturated heterocycles. The SMILES string of the molecule is Fc1c(-c2ccccc2)noc1-c1ccccc1. The van der Waals surface area contributed by atoms with Crippen molar-refractivity contribution in [2.45, 2.75) is 0 Å². The molecule has 0 bridgehead atoms. The van der Waals surface area contributed by atoms with Crippen LogP contribution in [-0.2, 0) is 0 Å². The highest BCUT2D eigenvalue weighted by Crippen LogP contribution is 2.30. The third kappa shape index (κ3) is 1.80. The van der Waals surface area contributed by atoms with Crippen LogP contribution in [0.2, 0.25) is 0 Å². The molecule has 0 unspecified atom stereocenters. The summed E-state index contributed by atoms with van der Waals surface area (Å²) in [6.07, 6.45) is 0. The van der Waals surface area contributed by atoms with Crippen LogP contribution in [0.4, 0.5) is 4.39 Å². The lowest BCUT2D eigenvalue weighted by Crippen LogP contribution is -1.82. The molecule has 0 atom stereocenters. The monoisotopic (exact) mass is 239 g/mol. The zero-order valence-electron chi connectivity index (χ0n) is 9.51. The molecule has 0 spiro atoms. The predicted octanol–water partition coefficient (Wildman–Crippen LogP) is 4.15. The zero-order valence-corrected chi connectivity index (χ0v) is 9.51. The highest BCUT2D eigenvalue weighted by atomic mass is 19.1. The lowest BCUT2D eigenvalue weighted by molar-refractivity contribution is 0.429. The summed E-state index contributed by atoms with van der Waals surface area (Å²) in [5, 5.41) is 3.81. The summed E-state index contributed by atoms with van der Waals surface area (Å²) in [4.78, 5) is 0. The van der Waals surface area contributed by atoms with Crippen molar-refractivity contribution in [2.75, 3.05) is 0 Å². The molecule has 0 fully saturated rings. The third-order valence-electron chi connectivity index (χ3n) is 2.72. The average molecular weight is 239 g/mol. The van der Waals surface area contributed by atoms with Gasteiger partial charge >= 0.3 is 0 Å². The molecule has 3 rings (SSSR count). The van der Waals surface area contributed by atoms with Crippen molar-refractivity contribution in [2.24, 2.45) is 0 Å². The molecular formula is C15H10FNO. The van der Waals surface area contributed by atoms with Crippen molar-refractivity contribution in [1.82, 2.24) is 5.16 Å². The summed E-state index contributed by atoms with van der Waals surface area (Å²) < 4.78 is 19.4. The first-order chi connectivity index (χ1) is 8.86. The Labute approximate surface area is 104 Å². The predicted molar refractivity (Wildman–Crippen MR) is 67.3 cm³/mol. The normalized spacial score (nSPS) is 10.5. The molecule has 2 aromatic carbocycles. The van der Waals surface area contributed by atoms with Crippen LogP contribution in [0.3, 0.4) is 0 Å². The maximum absolute atomic E-state index is 14.2. The first-order valence-corrected chi connectivity index (χ1v) is 5.62. The quantitative estimate of drug-likeness (QED) is 0.671. The highest BCUT2D eigenvalue weighted by molar-refractivity contribution is 5.67. The van der Waals surface area contributed by atoms with Crippen LogP contribution in [0, 0.1) is 5.82 Å². The molecule has 0 N–H and O–H groups in total. The fourth-order valence-corrected chi connectivity index (χ4v) is 1.82. The van der Waals surface area contributed by atoms with Crippen LogP contribution >= 0.6 is 0 Å². The first-order valence-electron chi connectivity index (χ1n) is 5.62. The van der Waals surface area contributed by atoms with Crippen LogP contribution in [0.5, 0.6) is 0 Å². The largest absolute Gasteiger partial charge is 0.352 e. The minimum atomic E-state index is -0.424. The molecule has 88 valence electrons. The lowest BCUT2D eigenvalue weighted by atomic mass is 10.1. The Balaban J connectivity index is 2.09. The first kappa shape index (κ1) is 10.7. The summed E-state index contributed by atoms with van der Waals surface area (Å²) in [7, 11) is 0. The number of nitrogens with zero attached hydrogens (tertiary/aromatic N) is 1. The molecular weight excluding hydrogens is 229 g/mol. The van der Waals surface area contributed by atoms with Crippen molar-refractivity contribution < 1.29 is 8.91 Å². The van der Waals surface area contributed by atoms with Gasteiger partial charge in [0.25, 0.3) is 0 Å². The fraction of sp³-hybridized carbons (Fsp3) is 0. The number of aromatic nitrogens is 1. The Morgan fingerprint density at radius 1 is 0.778 bits per heavy atom. The standard InChI is InChI=1S/C15H10FNO/c16-13-14(11-7-3-1-4-8-11)17-18-15(13)12-9-5-2-6-10-12/h1-10H. The van der Waals surface area contributed by atoms with Gasteiger partial charge in [0, 0.05) is 11.1 Å². The van der Waals surface area contributed by atoms with E-state index in [9.17, 15) is 4.39 Å². The van der Waals surface area contributed by atoms with E-state index in [1.165, 1.54) is 0 Å². The molecule has 1 aromatic heterocycles. The van der Waals surface area contributed by atoms with Gasteiger partial charge in [-0.15, -0.1) is 0 Å². The summed E-state index contributed by atoms with van der Waals surface area (Å²) in [6.45, 7) is 0.